The maximum absolute atomic E-state index is 12.6. The van der Waals surface area contributed by atoms with Crippen LogP contribution in [0.2, 0.25) is 0 Å². The number of anilines is 1. The molecule has 1 saturated heterocycles. The maximum atomic E-state index is 12.6. The molecular formula is C20H25ClN2O2. The highest BCUT2D eigenvalue weighted by Crippen LogP contribution is 2.31. The predicted octanol–water partition coefficient (Wildman–Crippen LogP) is 3.58. The number of hydrogen-bond donors (Lipinski definition) is 2. The number of benzene rings is 2. The zero-order valence-corrected chi connectivity index (χ0v) is 15.2. The zero-order valence-electron chi connectivity index (χ0n) is 14.4. The average molecular weight is 361 g/mol. The van der Waals surface area contributed by atoms with Crippen molar-refractivity contribution < 1.29 is 9.90 Å². The Bertz CT molecular complexity index is 713. The minimum Gasteiger partial charge on any atom is -0.398 e. The molecule has 2 aromatic rings. The molecule has 1 aliphatic rings. The number of nitrogen functional groups attached to an aromatic ring is 1. The van der Waals surface area contributed by atoms with Gasteiger partial charge < -0.3 is 15.7 Å². The second kappa shape index (κ2) is 8.37. The first kappa shape index (κ1) is 19.3. The molecule has 1 atom stereocenters. The summed E-state index contributed by atoms with van der Waals surface area (Å²) < 4.78 is 0. The smallest absolute Gasteiger partial charge is 0.253 e. The van der Waals surface area contributed by atoms with Crippen LogP contribution in [0.4, 0.5) is 5.69 Å². The summed E-state index contributed by atoms with van der Waals surface area (Å²) in [6.07, 6.45) is 1.16. The zero-order chi connectivity index (χ0) is 17.1. The van der Waals surface area contributed by atoms with E-state index in [0.717, 1.165) is 24.0 Å². The Balaban J connectivity index is 0.00000225. The monoisotopic (exact) mass is 360 g/mol. The van der Waals surface area contributed by atoms with Gasteiger partial charge in [0.25, 0.3) is 5.91 Å². The van der Waals surface area contributed by atoms with Crippen LogP contribution in [0.1, 0.15) is 40.4 Å². The Morgan fingerprint density at radius 3 is 2.40 bits per heavy atom. The lowest BCUT2D eigenvalue weighted by Gasteiger charge is -2.34. The van der Waals surface area contributed by atoms with E-state index in [1.165, 1.54) is 0 Å². The fraction of sp³-hybridized carbons (Fsp3) is 0.350. The van der Waals surface area contributed by atoms with Crippen molar-refractivity contribution in [3.8, 4) is 0 Å². The van der Waals surface area contributed by atoms with Gasteiger partial charge in [-0.1, -0.05) is 36.4 Å². The van der Waals surface area contributed by atoms with Gasteiger partial charge in [-0.25, -0.2) is 0 Å². The third kappa shape index (κ3) is 4.33. The lowest BCUT2D eigenvalue weighted by molar-refractivity contribution is 0.0462. The summed E-state index contributed by atoms with van der Waals surface area (Å²) in [4.78, 5) is 14.5. The van der Waals surface area contributed by atoms with Crippen molar-refractivity contribution in [2.75, 3.05) is 18.8 Å². The van der Waals surface area contributed by atoms with Gasteiger partial charge in [-0.3, -0.25) is 4.79 Å². The Hall–Kier alpha value is -2.04. The van der Waals surface area contributed by atoms with E-state index in [4.69, 9.17) is 5.73 Å². The van der Waals surface area contributed by atoms with Crippen molar-refractivity contribution in [3.63, 3.8) is 0 Å². The van der Waals surface area contributed by atoms with Crippen LogP contribution >= 0.6 is 12.4 Å². The highest BCUT2D eigenvalue weighted by atomic mass is 35.5. The number of piperidine rings is 1. The summed E-state index contributed by atoms with van der Waals surface area (Å²) in [6, 6.07) is 15.2. The van der Waals surface area contributed by atoms with E-state index in [1.54, 1.807) is 6.07 Å². The van der Waals surface area contributed by atoms with Crippen LogP contribution in [-0.4, -0.2) is 29.0 Å². The molecule has 0 spiro atoms. The molecule has 0 saturated carbocycles. The molecule has 3 rings (SSSR count). The SMILES string of the molecule is Cc1ccc(C(=O)N2CCC(C(O)c3ccccc3)CC2)cc1N.Cl. The Kier molecular flexibility index (Phi) is 6.45. The molecule has 1 unspecified atom stereocenters. The third-order valence-corrected chi connectivity index (χ3v) is 4.94. The van der Waals surface area contributed by atoms with E-state index in [2.05, 4.69) is 0 Å². The van der Waals surface area contributed by atoms with Crippen molar-refractivity contribution in [3.05, 3.63) is 65.2 Å². The lowest BCUT2D eigenvalue weighted by Crippen LogP contribution is -2.39. The van der Waals surface area contributed by atoms with Crippen molar-refractivity contribution in [2.45, 2.75) is 25.9 Å². The molecule has 0 radical (unpaired) electrons. The van der Waals surface area contributed by atoms with E-state index < -0.39 is 6.10 Å². The number of hydrogen-bond acceptors (Lipinski definition) is 3. The van der Waals surface area contributed by atoms with Crippen LogP contribution in [0.15, 0.2) is 48.5 Å². The van der Waals surface area contributed by atoms with Crippen molar-refractivity contribution in [1.82, 2.24) is 4.90 Å². The van der Waals surface area contributed by atoms with Crippen molar-refractivity contribution in [2.24, 2.45) is 5.92 Å². The van der Waals surface area contributed by atoms with Crippen LogP contribution in [0.5, 0.6) is 0 Å². The van der Waals surface area contributed by atoms with Gasteiger partial charge in [0.15, 0.2) is 0 Å². The standard InChI is InChI=1S/C20H24N2O2.ClH/c1-14-7-8-17(13-18(14)21)20(24)22-11-9-16(10-12-22)19(23)15-5-3-2-4-6-15;/h2-8,13,16,19,23H,9-12,21H2,1H3;1H. The fourth-order valence-corrected chi connectivity index (χ4v) is 3.30. The van der Waals surface area contributed by atoms with E-state index in [9.17, 15) is 9.90 Å². The van der Waals surface area contributed by atoms with Gasteiger partial charge >= 0.3 is 0 Å². The molecule has 3 N–H and O–H groups in total. The van der Waals surface area contributed by atoms with Gasteiger partial charge in [-0.05, 0) is 48.9 Å². The van der Waals surface area contributed by atoms with Gasteiger partial charge in [0.1, 0.15) is 0 Å². The molecule has 1 aliphatic heterocycles. The maximum Gasteiger partial charge on any atom is 0.253 e. The number of halogens is 1. The molecule has 4 nitrogen and oxygen atoms in total. The molecule has 5 heteroatoms. The quantitative estimate of drug-likeness (QED) is 0.822. The van der Waals surface area contributed by atoms with E-state index in [-0.39, 0.29) is 24.2 Å². The van der Waals surface area contributed by atoms with Gasteiger partial charge in [0.2, 0.25) is 0 Å². The number of amides is 1. The Morgan fingerprint density at radius 1 is 1.16 bits per heavy atom. The third-order valence-electron chi connectivity index (χ3n) is 4.94. The highest BCUT2D eigenvalue weighted by Gasteiger charge is 2.28. The number of carbonyl (C=O) groups excluding carboxylic acids is 1. The first-order valence-electron chi connectivity index (χ1n) is 8.44. The molecule has 1 heterocycles. The number of nitrogens with two attached hydrogens (primary N) is 1. The van der Waals surface area contributed by atoms with E-state index in [1.807, 2.05) is 54.3 Å². The fourth-order valence-electron chi connectivity index (χ4n) is 3.30. The second-order valence-corrected chi connectivity index (χ2v) is 6.56. The Morgan fingerprint density at radius 2 is 1.80 bits per heavy atom. The van der Waals surface area contributed by atoms with Crippen molar-refractivity contribution in [1.29, 1.82) is 0 Å². The number of aryl methyl sites for hydroxylation is 1. The highest BCUT2D eigenvalue weighted by molar-refractivity contribution is 5.95. The number of aliphatic hydroxyl groups excluding tert-OH is 1. The van der Waals surface area contributed by atoms with Crippen LogP contribution in [0, 0.1) is 12.8 Å². The van der Waals surface area contributed by atoms with Gasteiger partial charge in [-0.15, -0.1) is 12.4 Å². The molecule has 1 amide bonds. The van der Waals surface area contributed by atoms with Gasteiger partial charge in [-0.2, -0.15) is 0 Å². The molecule has 0 bridgehead atoms. The molecule has 0 aromatic heterocycles. The second-order valence-electron chi connectivity index (χ2n) is 6.56. The predicted molar refractivity (Wildman–Crippen MR) is 103 cm³/mol. The number of nitrogens with zero attached hydrogens (tertiary/aromatic N) is 1. The summed E-state index contributed by atoms with van der Waals surface area (Å²) in [6.45, 7) is 3.27. The van der Waals surface area contributed by atoms with E-state index >= 15 is 0 Å². The normalized spacial score (nSPS) is 16.2. The molecule has 2 aromatic carbocycles. The first-order valence-corrected chi connectivity index (χ1v) is 8.44. The number of aliphatic hydroxyl groups is 1. The van der Waals surface area contributed by atoms with Gasteiger partial charge in [0, 0.05) is 24.3 Å². The number of rotatable bonds is 3. The summed E-state index contributed by atoms with van der Waals surface area (Å²) >= 11 is 0. The molecule has 0 aliphatic carbocycles. The van der Waals surface area contributed by atoms with E-state index in [0.29, 0.717) is 24.3 Å². The van der Waals surface area contributed by atoms with Crippen LogP contribution in [0.25, 0.3) is 0 Å². The average Bonchev–Trinajstić information content (AvgIpc) is 2.63. The molecule has 1 fully saturated rings. The minimum absolute atomic E-state index is 0. The number of likely N-dealkylation sites (tertiary alicyclic amines) is 1. The lowest BCUT2D eigenvalue weighted by atomic mass is 9.87. The molecule has 25 heavy (non-hydrogen) atoms. The summed E-state index contributed by atoms with van der Waals surface area (Å²) in [7, 11) is 0. The van der Waals surface area contributed by atoms with Gasteiger partial charge in [0.05, 0.1) is 6.10 Å². The van der Waals surface area contributed by atoms with Crippen molar-refractivity contribution >= 4 is 24.0 Å². The minimum atomic E-state index is -0.460. The summed E-state index contributed by atoms with van der Waals surface area (Å²) in [5.74, 6) is 0.217. The molecule has 134 valence electrons. The van der Waals surface area contributed by atoms with Crippen LogP contribution < -0.4 is 5.73 Å². The number of carbonyl (C=O) groups is 1. The Labute approximate surface area is 155 Å². The first-order chi connectivity index (χ1) is 11.6. The summed E-state index contributed by atoms with van der Waals surface area (Å²) in [5, 5.41) is 10.5. The summed E-state index contributed by atoms with van der Waals surface area (Å²) in [5.41, 5.74) is 9.13. The molecular weight excluding hydrogens is 336 g/mol. The van der Waals surface area contributed by atoms with Crippen LogP contribution in [-0.2, 0) is 0 Å². The largest absolute Gasteiger partial charge is 0.398 e. The topological polar surface area (TPSA) is 66.6 Å². The van der Waals surface area contributed by atoms with Crippen LogP contribution in [0.3, 0.4) is 0 Å².